The lowest BCUT2D eigenvalue weighted by Crippen LogP contribution is -2.14. The van der Waals surface area contributed by atoms with E-state index in [1.165, 1.54) is 11.3 Å². The van der Waals surface area contributed by atoms with Gasteiger partial charge in [-0.05, 0) is 54.1 Å². The van der Waals surface area contributed by atoms with Gasteiger partial charge in [-0.15, -0.1) is 11.3 Å². The quantitative estimate of drug-likeness (QED) is 0.859. The van der Waals surface area contributed by atoms with Crippen molar-refractivity contribution in [1.82, 2.24) is 9.78 Å². The van der Waals surface area contributed by atoms with Gasteiger partial charge in [-0.3, -0.25) is 9.48 Å². The standard InChI is InChI=1S/C16H17BrN4OS/c1-10-13(17)9-21(20-10)7-6-15(22)19-16-12(8-18)11-4-2-3-5-14(11)23-16/h9H,2-7H2,1H3,(H,19,22). The van der Waals surface area contributed by atoms with Gasteiger partial charge in [0.1, 0.15) is 11.1 Å². The molecule has 1 N–H and O–H groups in total. The lowest BCUT2D eigenvalue weighted by Gasteiger charge is -2.09. The SMILES string of the molecule is Cc1nn(CCC(=O)Nc2sc3c(c2C#N)CCCC3)cc1Br. The number of carbonyl (C=O) groups is 1. The number of fused-ring (bicyclic) bond motifs is 1. The van der Waals surface area contributed by atoms with E-state index in [1.54, 1.807) is 16.0 Å². The van der Waals surface area contributed by atoms with Crippen LogP contribution >= 0.6 is 27.3 Å². The second-order valence-corrected chi connectivity index (χ2v) is 7.61. The van der Waals surface area contributed by atoms with E-state index in [9.17, 15) is 10.1 Å². The van der Waals surface area contributed by atoms with Crippen molar-refractivity contribution in [1.29, 1.82) is 5.26 Å². The summed E-state index contributed by atoms with van der Waals surface area (Å²) in [5.74, 6) is -0.0793. The Morgan fingerprint density at radius 2 is 2.30 bits per heavy atom. The first-order valence-corrected chi connectivity index (χ1v) is 9.23. The molecule has 2 heterocycles. The molecule has 0 aliphatic heterocycles. The number of nitrogens with one attached hydrogen (secondary N) is 1. The number of thiophene rings is 1. The second kappa shape index (κ2) is 6.85. The average Bonchev–Trinajstić information content (AvgIpc) is 3.04. The normalized spacial score (nSPS) is 13.4. The molecule has 1 aliphatic carbocycles. The summed E-state index contributed by atoms with van der Waals surface area (Å²) in [6.45, 7) is 2.43. The summed E-state index contributed by atoms with van der Waals surface area (Å²) in [4.78, 5) is 13.5. The second-order valence-electron chi connectivity index (χ2n) is 5.65. The molecular formula is C16H17BrN4OS. The largest absolute Gasteiger partial charge is 0.317 e. The van der Waals surface area contributed by atoms with Gasteiger partial charge in [0.15, 0.2) is 0 Å². The maximum absolute atomic E-state index is 12.2. The third-order valence-corrected chi connectivity index (χ3v) is 5.98. The Morgan fingerprint density at radius 3 is 3.00 bits per heavy atom. The Bertz CT molecular complexity index is 767. The first-order chi connectivity index (χ1) is 11.1. The number of hydrogen-bond acceptors (Lipinski definition) is 4. The van der Waals surface area contributed by atoms with Gasteiger partial charge in [-0.1, -0.05) is 0 Å². The van der Waals surface area contributed by atoms with Crippen molar-refractivity contribution in [2.45, 2.75) is 45.6 Å². The van der Waals surface area contributed by atoms with Crippen molar-refractivity contribution in [2.24, 2.45) is 0 Å². The maximum atomic E-state index is 12.2. The highest BCUT2D eigenvalue weighted by molar-refractivity contribution is 9.10. The van der Waals surface area contributed by atoms with Crippen LogP contribution in [0.3, 0.4) is 0 Å². The average molecular weight is 393 g/mol. The van der Waals surface area contributed by atoms with E-state index in [0.717, 1.165) is 35.0 Å². The molecule has 2 aromatic heterocycles. The Balaban J connectivity index is 1.66. The van der Waals surface area contributed by atoms with E-state index in [1.807, 2.05) is 13.1 Å². The van der Waals surface area contributed by atoms with Crippen LogP contribution in [-0.2, 0) is 24.2 Å². The highest BCUT2D eigenvalue weighted by atomic mass is 79.9. The summed E-state index contributed by atoms with van der Waals surface area (Å²) >= 11 is 4.97. The zero-order valence-corrected chi connectivity index (χ0v) is 15.3. The lowest BCUT2D eigenvalue weighted by atomic mass is 9.96. The van der Waals surface area contributed by atoms with Crippen LogP contribution in [0.2, 0.25) is 0 Å². The lowest BCUT2D eigenvalue weighted by molar-refractivity contribution is -0.116. The molecular weight excluding hydrogens is 376 g/mol. The van der Waals surface area contributed by atoms with Crippen LogP contribution in [0, 0.1) is 18.3 Å². The van der Waals surface area contributed by atoms with Gasteiger partial charge < -0.3 is 5.32 Å². The minimum absolute atomic E-state index is 0.0793. The van der Waals surface area contributed by atoms with Crippen LogP contribution in [-0.4, -0.2) is 15.7 Å². The number of amides is 1. The van der Waals surface area contributed by atoms with Crippen molar-refractivity contribution in [2.75, 3.05) is 5.32 Å². The molecule has 0 saturated heterocycles. The van der Waals surface area contributed by atoms with Crippen LogP contribution in [0.25, 0.3) is 0 Å². The molecule has 1 amide bonds. The van der Waals surface area contributed by atoms with Crippen molar-refractivity contribution in [3.05, 3.63) is 32.4 Å². The molecule has 0 radical (unpaired) electrons. The van der Waals surface area contributed by atoms with E-state index < -0.39 is 0 Å². The summed E-state index contributed by atoms with van der Waals surface area (Å²) in [6.07, 6.45) is 6.46. The monoisotopic (exact) mass is 392 g/mol. The minimum Gasteiger partial charge on any atom is -0.317 e. The van der Waals surface area contributed by atoms with Gasteiger partial charge >= 0.3 is 0 Å². The first-order valence-electron chi connectivity index (χ1n) is 7.62. The fourth-order valence-electron chi connectivity index (χ4n) is 2.79. The van der Waals surface area contributed by atoms with E-state index in [-0.39, 0.29) is 5.91 Å². The van der Waals surface area contributed by atoms with Gasteiger partial charge in [0.05, 0.1) is 15.7 Å². The van der Waals surface area contributed by atoms with E-state index in [0.29, 0.717) is 23.5 Å². The topological polar surface area (TPSA) is 70.7 Å². The van der Waals surface area contributed by atoms with Crippen molar-refractivity contribution >= 4 is 38.2 Å². The Hall–Kier alpha value is -1.65. The smallest absolute Gasteiger partial charge is 0.226 e. The Morgan fingerprint density at radius 1 is 1.52 bits per heavy atom. The zero-order valence-electron chi connectivity index (χ0n) is 12.9. The molecule has 1 aliphatic rings. The van der Waals surface area contributed by atoms with E-state index in [4.69, 9.17) is 0 Å². The summed E-state index contributed by atoms with van der Waals surface area (Å²) in [5, 5.41) is 17.3. The summed E-state index contributed by atoms with van der Waals surface area (Å²) in [5.41, 5.74) is 2.71. The molecule has 0 spiro atoms. The Labute approximate surface area is 147 Å². The van der Waals surface area contributed by atoms with Crippen LogP contribution in [0.5, 0.6) is 0 Å². The molecule has 7 heteroatoms. The number of halogens is 1. The molecule has 0 saturated carbocycles. The molecule has 5 nitrogen and oxygen atoms in total. The summed E-state index contributed by atoms with van der Waals surface area (Å²) in [7, 11) is 0. The molecule has 3 rings (SSSR count). The zero-order chi connectivity index (χ0) is 16.4. The summed E-state index contributed by atoms with van der Waals surface area (Å²) in [6, 6.07) is 2.27. The number of anilines is 1. The third kappa shape index (κ3) is 3.48. The molecule has 0 bridgehead atoms. The number of nitrogens with zero attached hydrogens (tertiary/aromatic N) is 3. The van der Waals surface area contributed by atoms with Gasteiger partial charge in [-0.25, -0.2) is 0 Å². The predicted octanol–water partition coefficient (Wildman–Crippen LogP) is 3.79. The van der Waals surface area contributed by atoms with Crippen molar-refractivity contribution in [3.63, 3.8) is 0 Å². The van der Waals surface area contributed by atoms with Crippen LogP contribution in [0.1, 0.15) is 41.0 Å². The first kappa shape index (κ1) is 16.2. The molecule has 0 unspecified atom stereocenters. The molecule has 2 aromatic rings. The fraction of sp³-hybridized carbons (Fsp3) is 0.438. The van der Waals surface area contributed by atoms with Crippen LogP contribution < -0.4 is 5.32 Å². The van der Waals surface area contributed by atoms with Crippen LogP contribution in [0.15, 0.2) is 10.7 Å². The maximum Gasteiger partial charge on any atom is 0.226 e. The molecule has 120 valence electrons. The highest BCUT2D eigenvalue weighted by Crippen LogP contribution is 2.37. The van der Waals surface area contributed by atoms with Crippen LogP contribution in [0.4, 0.5) is 5.00 Å². The van der Waals surface area contributed by atoms with Crippen molar-refractivity contribution in [3.8, 4) is 6.07 Å². The highest BCUT2D eigenvalue weighted by Gasteiger charge is 2.21. The fourth-order valence-corrected chi connectivity index (χ4v) is 4.36. The number of rotatable bonds is 4. The molecule has 0 aromatic carbocycles. The Kier molecular flexibility index (Phi) is 4.83. The number of nitriles is 1. The number of aromatic nitrogens is 2. The minimum atomic E-state index is -0.0793. The van der Waals surface area contributed by atoms with Crippen molar-refractivity contribution < 1.29 is 4.79 Å². The van der Waals surface area contributed by atoms with Gasteiger partial charge in [0.25, 0.3) is 0 Å². The number of carbonyl (C=O) groups excluding carboxylic acids is 1. The predicted molar refractivity (Wildman–Crippen MR) is 93.6 cm³/mol. The number of aryl methyl sites for hydroxylation is 3. The third-order valence-electron chi connectivity index (χ3n) is 3.99. The summed E-state index contributed by atoms with van der Waals surface area (Å²) < 4.78 is 2.69. The van der Waals surface area contributed by atoms with E-state index in [2.05, 4.69) is 32.4 Å². The van der Waals surface area contributed by atoms with Gasteiger partial charge in [0, 0.05) is 24.0 Å². The van der Waals surface area contributed by atoms with Gasteiger partial charge in [-0.2, -0.15) is 10.4 Å². The van der Waals surface area contributed by atoms with Gasteiger partial charge in [0.2, 0.25) is 5.91 Å². The molecule has 23 heavy (non-hydrogen) atoms. The number of hydrogen-bond donors (Lipinski definition) is 1. The van der Waals surface area contributed by atoms with E-state index >= 15 is 0 Å². The molecule has 0 atom stereocenters. The molecule has 0 fully saturated rings.